The van der Waals surface area contributed by atoms with E-state index in [0.717, 1.165) is 12.8 Å². The van der Waals surface area contributed by atoms with Gasteiger partial charge < -0.3 is 28.4 Å². The monoisotopic (exact) mass is 394 g/mol. The SMILES string of the molecule is CO[C@H]1COC2OC34COC5C[C@@H](C(C)(C)C)C21C53CC1OC[C@@H](C)[C@@]14OC. The maximum absolute atomic E-state index is 7.04. The van der Waals surface area contributed by atoms with Crippen molar-refractivity contribution in [1.82, 2.24) is 0 Å². The zero-order chi connectivity index (χ0) is 19.7. The smallest absolute Gasteiger partial charge is 0.167 e. The third-order valence-corrected chi connectivity index (χ3v) is 9.75. The summed E-state index contributed by atoms with van der Waals surface area (Å²) in [5.41, 5.74) is -1.38. The normalized spacial score (nSPS) is 61.5. The lowest BCUT2D eigenvalue weighted by molar-refractivity contribution is -0.252. The second-order valence-electron chi connectivity index (χ2n) is 11.1. The molecule has 6 aliphatic rings. The molecule has 0 aromatic carbocycles. The van der Waals surface area contributed by atoms with Crippen LogP contribution in [0.4, 0.5) is 0 Å². The minimum Gasteiger partial charge on any atom is -0.378 e. The molecule has 158 valence electrons. The summed E-state index contributed by atoms with van der Waals surface area (Å²) in [6, 6.07) is 0. The molecule has 0 amide bonds. The van der Waals surface area contributed by atoms with Gasteiger partial charge in [-0.05, 0) is 24.2 Å². The van der Waals surface area contributed by atoms with Crippen LogP contribution in [-0.4, -0.2) is 69.8 Å². The van der Waals surface area contributed by atoms with Crippen LogP contribution in [0.5, 0.6) is 0 Å². The van der Waals surface area contributed by atoms with Crippen molar-refractivity contribution in [3.8, 4) is 0 Å². The standard InChI is InChI=1S/C22H34O6/c1-12-9-25-15-8-19-14-7-13(18(2,3)4)21(19)16(23-5)10-26-17(21)28-20(19,11-27-14)22(12,15)24-6/h12-17H,7-11H2,1-6H3/t12-,13+,14?,15?,16+,17?,19?,20?,21?,22-/m1/s1. The van der Waals surface area contributed by atoms with E-state index in [0.29, 0.717) is 25.7 Å². The van der Waals surface area contributed by atoms with Gasteiger partial charge in [0.2, 0.25) is 0 Å². The number of rotatable bonds is 2. The van der Waals surface area contributed by atoms with Gasteiger partial charge in [-0.1, -0.05) is 27.7 Å². The molecule has 4 aliphatic heterocycles. The van der Waals surface area contributed by atoms with E-state index in [-0.39, 0.29) is 46.8 Å². The topological polar surface area (TPSA) is 55.4 Å². The Labute approximate surface area is 167 Å². The van der Waals surface area contributed by atoms with Crippen LogP contribution in [0.3, 0.4) is 0 Å². The van der Waals surface area contributed by atoms with E-state index >= 15 is 0 Å². The second-order valence-corrected chi connectivity index (χ2v) is 11.1. The number of hydrogen-bond acceptors (Lipinski definition) is 6. The largest absolute Gasteiger partial charge is 0.378 e. The van der Waals surface area contributed by atoms with E-state index in [1.807, 2.05) is 14.2 Å². The van der Waals surface area contributed by atoms with E-state index in [2.05, 4.69) is 27.7 Å². The molecular weight excluding hydrogens is 360 g/mol. The van der Waals surface area contributed by atoms with Gasteiger partial charge in [-0.25, -0.2) is 0 Å². The van der Waals surface area contributed by atoms with Crippen LogP contribution in [0.2, 0.25) is 0 Å². The van der Waals surface area contributed by atoms with Crippen LogP contribution in [0.25, 0.3) is 0 Å². The number of methoxy groups -OCH3 is 2. The Morgan fingerprint density at radius 2 is 1.79 bits per heavy atom. The summed E-state index contributed by atoms with van der Waals surface area (Å²) in [6.45, 7) is 11.1. The average Bonchev–Trinajstić information content (AvgIpc) is 3.37. The average molecular weight is 395 g/mol. The molecule has 2 saturated carbocycles. The van der Waals surface area contributed by atoms with Crippen molar-refractivity contribution in [3.05, 3.63) is 0 Å². The fraction of sp³-hybridized carbons (Fsp3) is 1.00. The molecule has 2 aliphatic carbocycles. The zero-order valence-electron chi connectivity index (χ0n) is 17.9. The molecule has 4 saturated heterocycles. The highest BCUT2D eigenvalue weighted by atomic mass is 16.7. The maximum Gasteiger partial charge on any atom is 0.167 e. The predicted molar refractivity (Wildman–Crippen MR) is 99.8 cm³/mol. The Morgan fingerprint density at radius 3 is 2.46 bits per heavy atom. The summed E-state index contributed by atoms with van der Waals surface area (Å²) < 4.78 is 38.9. The quantitative estimate of drug-likeness (QED) is 0.717. The highest BCUT2D eigenvalue weighted by Crippen LogP contribution is 2.84. The Hall–Kier alpha value is -0.240. The first-order chi connectivity index (χ1) is 13.3. The van der Waals surface area contributed by atoms with Crippen molar-refractivity contribution >= 4 is 0 Å². The van der Waals surface area contributed by atoms with E-state index < -0.39 is 11.2 Å². The molecule has 6 fully saturated rings. The fourth-order valence-electron chi connectivity index (χ4n) is 9.15. The van der Waals surface area contributed by atoms with Gasteiger partial charge in [0.25, 0.3) is 0 Å². The van der Waals surface area contributed by atoms with Gasteiger partial charge in [-0.15, -0.1) is 0 Å². The molecule has 2 spiro atoms. The highest BCUT2D eigenvalue weighted by molar-refractivity contribution is 5.41. The minimum atomic E-state index is -0.540. The summed E-state index contributed by atoms with van der Waals surface area (Å²) in [7, 11) is 3.65. The molecule has 0 bridgehead atoms. The molecule has 6 rings (SSSR count). The van der Waals surface area contributed by atoms with E-state index in [4.69, 9.17) is 28.4 Å². The first-order valence-electron chi connectivity index (χ1n) is 10.9. The highest BCUT2D eigenvalue weighted by Gasteiger charge is 2.96. The molecule has 10 atom stereocenters. The lowest BCUT2D eigenvalue weighted by Crippen LogP contribution is -2.65. The van der Waals surface area contributed by atoms with E-state index in [1.54, 1.807) is 0 Å². The number of ether oxygens (including phenoxy) is 6. The third-order valence-electron chi connectivity index (χ3n) is 9.75. The zero-order valence-corrected chi connectivity index (χ0v) is 17.9. The van der Waals surface area contributed by atoms with Crippen molar-refractivity contribution in [2.24, 2.45) is 28.1 Å². The molecule has 6 heteroatoms. The molecule has 0 N–H and O–H groups in total. The lowest BCUT2D eigenvalue weighted by atomic mass is 9.51. The first kappa shape index (κ1) is 18.5. The fourth-order valence-corrected chi connectivity index (χ4v) is 9.15. The molecule has 0 radical (unpaired) electrons. The summed E-state index contributed by atoms with van der Waals surface area (Å²) in [4.78, 5) is 0. The summed E-state index contributed by atoms with van der Waals surface area (Å²) >= 11 is 0. The van der Waals surface area contributed by atoms with Gasteiger partial charge in [0.15, 0.2) is 6.29 Å². The van der Waals surface area contributed by atoms with Gasteiger partial charge in [-0.2, -0.15) is 0 Å². The van der Waals surface area contributed by atoms with E-state index in [9.17, 15) is 0 Å². The maximum atomic E-state index is 7.04. The molecule has 0 aromatic rings. The lowest BCUT2D eigenvalue weighted by Gasteiger charge is -2.50. The predicted octanol–water partition coefficient (Wildman–Crippen LogP) is 2.39. The minimum absolute atomic E-state index is 0.00154. The number of hydrogen-bond donors (Lipinski definition) is 0. The summed E-state index contributed by atoms with van der Waals surface area (Å²) in [5.74, 6) is 0.627. The molecule has 0 aromatic heterocycles. The Balaban J connectivity index is 1.64. The van der Waals surface area contributed by atoms with E-state index in [1.165, 1.54) is 0 Å². The van der Waals surface area contributed by atoms with Crippen LogP contribution < -0.4 is 0 Å². The van der Waals surface area contributed by atoms with Crippen LogP contribution in [-0.2, 0) is 28.4 Å². The van der Waals surface area contributed by atoms with Crippen LogP contribution in [0.15, 0.2) is 0 Å². The molecule has 6 nitrogen and oxygen atoms in total. The molecule has 28 heavy (non-hydrogen) atoms. The van der Waals surface area contributed by atoms with Gasteiger partial charge in [0.05, 0.1) is 43.5 Å². The van der Waals surface area contributed by atoms with Crippen LogP contribution >= 0.6 is 0 Å². The van der Waals surface area contributed by atoms with Crippen molar-refractivity contribution in [2.75, 3.05) is 34.0 Å². The summed E-state index contributed by atoms with van der Waals surface area (Å²) in [5, 5.41) is 0. The van der Waals surface area contributed by atoms with Gasteiger partial charge in [0.1, 0.15) is 11.2 Å². The third kappa shape index (κ3) is 1.47. The first-order valence-corrected chi connectivity index (χ1v) is 10.9. The van der Waals surface area contributed by atoms with Gasteiger partial charge >= 0.3 is 0 Å². The van der Waals surface area contributed by atoms with Crippen LogP contribution in [0, 0.1) is 28.1 Å². The Kier molecular flexibility index (Phi) is 3.40. The molecule has 6 unspecified atom stereocenters. The van der Waals surface area contributed by atoms with Crippen molar-refractivity contribution in [1.29, 1.82) is 0 Å². The molecular formula is C22H34O6. The van der Waals surface area contributed by atoms with Crippen molar-refractivity contribution < 1.29 is 28.4 Å². The number of fused-ring (bicyclic) bond motifs is 1. The van der Waals surface area contributed by atoms with Crippen molar-refractivity contribution in [2.45, 2.75) is 76.3 Å². The Bertz CT molecular complexity index is 706. The van der Waals surface area contributed by atoms with Gasteiger partial charge in [-0.3, -0.25) is 0 Å². The van der Waals surface area contributed by atoms with Crippen molar-refractivity contribution in [3.63, 3.8) is 0 Å². The van der Waals surface area contributed by atoms with Crippen LogP contribution in [0.1, 0.15) is 40.5 Å². The molecule has 4 heterocycles. The van der Waals surface area contributed by atoms with Gasteiger partial charge in [0, 0.05) is 25.6 Å². The summed E-state index contributed by atoms with van der Waals surface area (Å²) in [6.07, 6.45) is 1.83. The Morgan fingerprint density at radius 1 is 1.00 bits per heavy atom. The second kappa shape index (κ2) is 5.14.